The molecule has 0 aliphatic rings. The zero-order valence-corrected chi connectivity index (χ0v) is 16.4. The van der Waals surface area contributed by atoms with Gasteiger partial charge in [0.15, 0.2) is 11.6 Å². The Bertz CT molecular complexity index is 1150. The minimum atomic E-state index is -4.40. The quantitative estimate of drug-likeness (QED) is 0.382. The topological polar surface area (TPSA) is 100 Å². The molecule has 0 amide bonds. The van der Waals surface area contributed by atoms with E-state index in [9.17, 15) is 13.2 Å². The minimum Gasteiger partial charge on any atom is -0.335 e. The molecule has 0 aliphatic carbocycles. The average Bonchev–Trinajstić information content (AvgIpc) is 3.33. The molecule has 2 heterocycles. The molecule has 4 aromatic rings. The number of aryl methyl sites for hydroxylation is 1. The molecule has 0 radical (unpaired) electrons. The van der Waals surface area contributed by atoms with Crippen molar-refractivity contribution in [2.45, 2.75) is 24.0 Å². The van der Waals surface area contributed by atoms with Crippen molar-refractivity contribution in [3.63, 3.8) is 0 Å². The van der Waals surface area contributed by atoms with Gasteiger partial charge in [0.05, 0.1) is 17.0 Å². The van der Waals surface area contributed by atoms with Crippen LogP contribution in [0.1, 0.15) is 17.0 Å². The van der Waals surface area contributed by atoms with Gasteiger partial charge in [-0.3, -0.25) is 0 Å². The summed E-state index contributed by atoms with van der Waals surface area (Å²) in [7, 11) is 0. The molecule has 0 unspecified atom stereocenters. The maximum Gasteiger partial charge on any atom is 0.416 e. The van der Waals surface area contributed by atoms with E-state index in [0.29, 0.717) is 22.5 Å². The first-order valence-corrected chi connectivity index (χ1v) is 9.67. The second kappa shape index (κ2) is 7.78. The van der Waals surface area contributed by atoms with Gasteiger partial charge in [-0.2, -0.15) is 17.9 Å². The predicted octanol–water partition coefficient (Wildman–Crippen LogP) is 3.25. The number of nitrogens with zero attached hydrogens (tertiary/aromatic N) is 7. The summed E-state index contributed by atoms with van der Waals surface area (Å²) in [4.78, 5) is 0. The van der Waals surface area contributed by atoms with Crippen LogP contribution in [0.15, 0.2) is 53.7 Å². The molecule has 30 heavy (non-hydrogen) atoms. The first-order valence-electron chi connectivity index (χ1n) is 8.68. The summed E-state index contributed by atoms with van der Waals surface area (Å²) in [5, 5.41) is 20.1. The molecular weight excluding hydrogens is 417 g/mol. The summed E-state index contributed by atoms with van der Waals surface area (Å²) >= 11 is 1.26. The molecule has 0 fully saturated rings. The number of rotatable bonds is 5. The molecule has 0 saturated carbocycles. The van der Waals surface area contributed by atoms with Crippen LogP contribution < -0.4 is 5.84 Å². The third-order valence-corrected chi connectivity index (χ3v) is 5.22. The van der Waals surface area contributed by atoms with Crippen LogP contribution in [0.3, 0.4) is 0 Å². The van der Waals surface area contributed by atoms with E-state index in [1.54, 1.807) is 0 Å². The van der Waals surface area contributed by atoms with Crippen LogP contribution in [-0.2, 0) is 11.9 Å². The smallest absolute Gasteiger partial charge is 0.335 e. The molecular formula is C18H15F3N8S. The molecule has 154 valence electrons. The van der Waals surface area contributed by atoms with Gasteiger partial charge in [-0.1, -0.05) is 41.6 Å². The Labute approximate surface area is 172 Å². The van der Waals surface area contributed by atoms with Crippen LogP contribution in [0, 0.1) is 6.92 Å². The Balaban J connectivity index is 1.51. The van der Waals surface area contributed by atoms with Crippen molar-refractivity contribution in [2.75, 3.05) is 5.84 Å². The maximum atomic E-state index is 12.8. The molecule has 2 aromatic carbocycles. The summed E-state index contributed by atoms with van der Waals surface area (Å²) < 4.78 is 41.0. The van der Waals surface area contributed by atoms with E-state index in [0.717, 1.165) is 23.3 Å². The van der Waals surface area contributed by atoms with Gasteiger partial charge in [-0.15, -0.1) is 15.3 Å². The lowest BCUT2D eigenvalue weighted by molar-refractivity contribution is -0.137. The third-order valence-electron chi connectivity index (χ3n) is 4.28. The lowest BCUT2D eigenvalue weighted by Gasteiger charge is -2.08. The second-order valence-corrected chi connectivity index (χ2v) is 7.32. The van der Waals surface area contributed by atoms with E-state index in [1.807, 2.05) is 31.2 Å². The molecule has 4 rings (SSSR count). The lowest BCUT2D eigenvalue weighted by atomic mass is 10.1. The average molecular weight is 432 g/mol. The predicted molar refractivity (Wildman–Crippen MR) is 104 cm³/mol. The molecule has 0 bridgehead atoms. The molecule has 12 heteroatoms. The van der Waals surface area contributed by atoms with E-state index in [1.165, 1.54) is 33.3 Å². The van der Waals surface area contributed by atoms with Crippen molar-refractivity contribution in [3.8, 4) is 17.1 Å². The number of alkyl halides is 3. The van der Waals surface area contributed by atoms with Crippen molar-refractivity contribution in [1.82, 2.24) is 35.1 Å². The first kappa shape index (κ1) is 19.9. The van der Waals surface area contributed by atoms with Crippen molar-refractivity contribution in [1.29, 1.82) is 0 Å². The van der Waals surface area contributed by atoms with Crippen LogP contribution in [0.2, 0.25) is 0 Å². The van der Waals surface area contributed by atoms with Crippen LogP contribution in [0.5, 0.6) is 0 Å². The molecule has 0 saturated heterocycles. The first-order chi connectivity index (χ1) is 14.3. The number of hydrogen-bond donors (Lipinski definition) is 1. The largest absolute Gasteiger partial charge is 0.416 e. The molecule has 0 spiro atoms. The van der Waals surface area contributed by atoms with E-state index < -0.39 is 11.7 Å². The van der Waals surface area contributed by atoms with Gasteiger partial charge in [0.25, 0.3) is 0 Å². The number of nitrogen functional groups attached to an aromatic ring is 1. The zero-order chi connectivity index (χ0) is 21.3. The van der Waals surface area contributed by atoms with Crippen molar-refractivity contribution in [2.24, 2.45) is 0 Å². The summed E-state index contributed by atoms with van der Waals surface area (Å²) in [6.45, 7) is 1.99. The summed E-state index contributed by atoms with van der Waals surface area (Å²) in [5.41, 5.74) is 1.62. The number of nitrogens with two attached hydrogens (primary N) is 1. The number of halogens is 3. The van der Waals surface area contributed by atoms with Crippen molar-refractivity contribution < 1.29 is 13.2 Å². The van der Waals surface area contributed by atoms with Crippen LogP contribution in [-0.4, -0.2) is 35.1 Å². The third kappa shape index (κ3) is 3.99. The monoisotopic (exact) mass is 432 g/mol. The van der Waals surface area contributed by atoms with Gasteiger partial charge in [0, 0.05) is 5.56 Å². The number of benzene rings is 2. The van der Waals surface area contributed by atoms with Crippen LogP contribution in [0.4, 0.5) is 13.2 Å². The molecule has 0 aliphatic heterocycles. The standard InChI is InChI=1S/C18H15F3N8S/c1-11-2-4-12(5-3-11)16-24-25-17(28(16)22)30-10-15-23-26-27-29(15)14-8-6-13(7-9-14)18(19,20)21/h2-9H,10,22H2,1H3. The highest BCUT2D eigenvalue weighted by Crippen LogP contribution is 2.30. The Kier molecular flexibility index (Phi) is 5.16. The van der Waals surface area contributed by atoms with E-state index >= 15 is 0 Å². The minimum absolute atomic E-state index is 0.289. The highest BCUT2D eigenvalue weighted by Gasteiger charge is 2.30. The summed E-state index contributed by atoms with van der Waals surface area (Å²) in [5.74, 6) is 7.36. The summed E-state index contributed by atoms with van der Waals surface area (Å²) in [6, 6.07) is 12.3. The fourth-order valence-corrected chi connectivity index (χ4v) is 3.45. The Morgan fingerprint density at radius 3 is 2.33 bits per heavy atom. The fourth-order valence-electron chi connectivity index (χ4n) is 2.69. The molecule has 2 aromatic heterocycles. The van der Waals surface area contributed by atoms with Gasteiger partial charge < -0.3 is 5.84 Å². The van der Waals surface area contributed by atoms with Crippen LogP contribution >= 0.6 is 11.8 Å². The van der Waals surface area contributed by atoms with Gasteiger partial charge in [0.2, 0.25) is 5.16 Å². The van der Waals surface area contributed by atoms with E-state index in [2.05, 4.69) is 25.7 Å². The van der Waals surface area contributed by atoms with Gasteiger partial charge in [-0.05, 0) is 41.6 Å². The SMILES string of the molecule is Cc1ccc(-c2nnc(SCc3nnnn3-c3ccc(C(F)(F)F)cc3)n2N)cc1. The van der Waals surface area contributed by atoms with Crippen molar-refractivity contribution >= 4 is 11.8 Å². The number of hydrogen-bond acceptors (Lipinski definition) is 7. The Morgan fingerprint density at radius 2 is 1.67 bits per heavy atom. The Hall–Kier alpha value is -3.41. The van der Waals surface area contributed by atoms with Gasteiger partial charge in [0.1, 0.15) is 0 Å². The fraction of sp³-hybridized carbons (Fsp3) is 0.167. The molecule has 0 atom stereocenters. The lowest BCUT2D eigenvalue weighted by Crippen LogP contribution is -2.12. The molecule has 2 N–H and O–H groups in total. The van der Waals surface area contributed by atoms with Crippen molar-refractivity contribution in [3.05, 3.63) is 65.5 Å². The normalized spacial score (nSPS) is 11.7. The number of aromatic nitrogens is 7. The number of thioether (sulfide) groups is 1. The zero-order valence-electron chi connectivity index (χ0n) is 15.6. The highest BCUT2D eigenvalue weighted by molar-refractivity contribution is 7.98. The second-order valence-electron chi connectivity index (χ2n) is 6.38. The van der Waals surface area contributed by atoms with E-state index in [-0.39, 0.29) is 5.75 Å². The molecule has 8 nitrogen and oxygen atoms in total. The Morgan fingerprint density at radius 1 is 0.967 bits per heavy atom. The number of tetrazole rings is 1. The van der Waals surface area contributed by atoms with E-state index in [4.69, 9.17) is 5.84 Å². The summed E-state index contributed by atoms with van der Waals surface area (Å²) in [6.07, 6.45) is -4.40. The van der Waals surface area contributed by atoms with Gasteiger partial charge >= 0.3 is 6.18 Å². The van der Waals surface area contributed by atoms with Crippen LogP contribution in [0.25, 0.3) is 17.1 Å². The van der Waals surface area contributed by atoms with Gasteiger partial charge in [-0.25, -0.2) is 4.68 Å². The highest BCUT2D eigenvalue weighted by atomic mass is 32.2. The maximum absolute atomic E-state index is 12.8.